The normalized spacial score (nSPS) is 18.3. The number of hydrogen-bond acceptors (Lipinski definition) is 2. The summed E-state index contributed by atoms with van der Waals surface area (Å²) in [5, 5.41) is 0. The number of hydrogen-bond donors (Lipinski definition) is 0. The molecule has 1 amide bonds. The second-order valence-corrected chi connectivity index (χ2v) is 5.23. The molecule has 5 heteroatoms. The first-order valence-electron chi connectivity index (χ1n) is 6.74. The molecular weight excluding hydrogens is 274 g/mol. The Balaban J connectivity index is 1.75. The second-order valence-electron chi connectivity index (χ2n) is 5.23. The second kappa shape index (κ2) is 5.60. The summed E-state index contributed by atoms with van der Waals surface area (Å²) >= 11 is 0. The number of rotatable bonds is 3. The van der Waals surface area contributed by atoms with Crippen LogP contribution in [0.3, 0.4) is 0 Å². The van der Waals surface area contributed by atoms with Gasteiger partial charge in [-0.3, -0.25) is 9.78 Å². The van der Waals surface area contributed by atoms with Crippen LogP contribution in [0.5, 0.6) is 0 Å². The number of carbonyl (C=O) groups is 1. The van der Waals surface area contributed by atoms with Crippen molar-refractivity contribution in [3.63, 3.8) is 0 Å². The minimum atomic E-state index is -0.606. The van der Waals surface area contributed by atoms with Gasteiger partial charge in [0.25, 0.3) is 0 Å². The molecule has 3 nitrogen and oxygen atoms in total. The lowest BCUT2D eigenvalue weighted by Crippen LogP contribution is -2.24. The molecule has 2 aromatic rings. The molecule has 2 heterocycles. The van der Waals surface area contributed by atoms with Crippen LogP contribution in [0.2, 0.25) is 0 Å². The molecular formula is C16H14F2N2O. The molecule has 0 bridgehead atoms. The van der Waals surface area contributed by atoms with E-state index in [9.17, 15) is 13.6 Å². The quantitative estimate of drug-likeness (QED) is 0.870. The third kappa shape index (κ3) is 3.07. The maximum Gasteiger partial charge on any atom is 0.223 e. The lowest BCUT2D eigenvalue weighted by Gasteiger charge is -2.16. The minimum absolute atomic E-state index is 0.00137. The number of pyridine rings is 1. The monoisotopic (exact) mass is 288 g/mol. The summed E-state index contributed by atoms with van der Waals surface area (Å²) in [6.07, 6.45) is 3.64. The number of carbonyl (C=O) groups excluding carboxylic acids is 1. The van der Waals surface area contributed by atoms with Crippen molar-refractivity contribution in [1.82, 2.24) is 9.88 Å². The third-order valence-electron chi connectivity index (χ3n) is 3.69. The van der Waals surface area contributed by atoms with Crippen molar-refractivity contribution in [2.45, 2.75) is 18.9 Å². The zero-order chi connectivity index (χ0) is 14.8. The van der Waals surface area contributed by atoms with Gasteiger partial charge in [0.05, 0.1) is 0 Å². The van der Waals surface area contributed by atoms with Gasteiger partial charge in [0.15, 0.2) is 0 Å². The van der Waals surface area contributed by atoms with Crippen molar-refractivity contribution in [2.75, 3.05) is 6.54 Å². The van der Waals surface area contributed by atoms with Crippen molar-refractivity contribution in [3.8, 4) is 0 Å². The Morgan fingerprint density at radius 2 is 1.81 bits per heavy atom. The largest absolute Gasteiger partial charge is 0.338 e. The molecule has 108 valence electrons. The molecule has 3 rings (SSSR count). The van der Waals surface area contributed by atoms with Gasteiger partial charge in [0.1, 0.15) is 11.6 Å². The van der Waals surface area contributed by atoms with E-state index in [0.717, 1.165) is 11.6 Å². The Labute approximate surface area is 121 Å². The molecule has 0 spiro atoms. The molecule has 1 atom stereocenters. The topological polar surface area (TPSA) is 33.2 Å². The molecule has 1 saturated heterocycles. The van der Waals surface area contributed by atoms with Crippen LogP contribution in [-0.4, -0.2) is 22.3 Å². The van der Waals surface area contributed by atoms with Gasteiger partial charge in [-0.1, -0.05) is 0 Å². The van der Waals surface area contributed by atoms with E-state index in [2.05, 4.69) is 4.98 Å². The summed E-state index contributed by atoms with van der Waals surface area (Å²) in [6.45, 7) is 0.972. The number of likely N-dealkylation sites (tertiary alicyclic amines) is 1. The van der Waals surface area contributed by atoms with Gasteiger partial charge in [-0.25, -0.2) is 8.78 Å². The molecule has 1 aromatic carbocycles. The highest BCUT2D eigenvalue weighted by Crippen LogP contribution is 2.30. The van der Waals surface area contributed by atoms with E-state index in [0.29, 0.717) is 18.7 Å². The first-order valence-corrected chi connectivity index (χ1v) is 6.74. The first kappa shape index (κ1) is 13.7. The molecule has 0 saturated carbocycles. The summed E-state index contributed by atoms with van der Waals surface area (Å²) in [7, 11) is 0. The van der Waals surface area contributed by atoms with E-state index in [1.54, 1.807) is 17.3 Å². The fourth-order valence-electron chi connectivity index (χ4n) is 2.67. The molecule has 21 heavy (non-hydrogen) atoms. The molecule has 1 aromatic heterocycles. The molecule has 1 unspecified atom stereocenters. The Morgan fingerprint density at radius 3 is 2.48 bits per heavy atom. The molecule has 1 fully saturated rings. The number of amides is 1. The first-order chi connectivity index (χ1) is 10.1. The van der Waals surface area contributed by atoms with Gasteiger partial charge >= 0.3 is 0 Å². The van der Waals surface area contributed by atoms with E-state index in [1.807, 2.05) is 12.1 Å². The average Bonchev–Trinajstić information content (AvgIpc) is 2.80. The van der Waals surface area contributed by atoms with Gasteiger partial charge in [0.2, 0.25) is 5.91 Å². The van der Waals surface area contributed by atoms with Crippen LogP contribution in [0.1, 0.15) is 23.5 Å². The van der Waals surface area contributed by atoms with Gasteiger partial charge in [0, 0.05) is 43.9 Å². The van der Waals surface area contributed by atoms with Gasteiger partial charge < -0.3 is 4.90 Å². The lowest BCUT2D eigenvalue weighted by atomic mass is 9.98. The van der Waals surface area contributed by atoms with E-state index < -0.39 is 11.6 Å². The van der Waals surface area contributed by atoms with Crippen molar-refractivity contribution in [1.29, 1.82) is 0 Å². The number of halogens is 2. The fraction of sp³-hybridized carbons (Fsp3) is 0.250. The van der Waals surface area contributed by atoms with Crippen LogP contribution >= 0.6 is 0 Å². The summed E-state index contributed by atoms with van der Waals surface area (Å²) in [4.78, 5) is 17.7. The van der Waals surface area contributed by atoms with Crippen molar-refractivity contribution >= 4 is 5.91 Å². The van der Waals surface area contributed by atoms with Crippen LogP contribution in [0.25, 0.3) is 0 Å². The minimum Gasteiger partial charge on any atom is -0.338 e. The molecule has 0 N–H and O–H groups in total. The van der Waals surface area contributed by atoms with Crippen molar-refractivity contribution in [2.24, 2.45) is 0 Å². The van der Waals surface area contributed by atoms with Crippen molar-refractivity contribution < 1.29 is 13.6 Å². The van der Waals surface area contributed by atoms with Crippen LogP contribution in [-0.2, 0) is 11.3 Å². The van der Waals surface area contributed by atoms with Crippen LogP contribution < -0.4 is 0 Å². The Kier molecular flexibility index (Phi) is 3.64. The smallest absolute Gasteiger partial charge is 0.223 e. The molecule has 1 aliphatic rings. The lowest BCUT2D eigenvalue weighted by molar-refractivity contribution is -0.128. The van der Waals surface area contributed by atoms with Gasteiger partial charge in [-0.15, -0.1) is 0 Å². The van der Waals surface area contributed by atoms with E-state index >= 15 is 0 Å². The molecule has 1 aliphatic heterocycles. The maximum atomic E-state index is 13.3. The van der Waals surface area contributed by atoms with Crippen LogP contribution in [0.4, 0.5) is 8.78 Å². The summed E-state index contributed by atoms with van der Waals surface area (Å²) < 4.78 is 26.6. The Hall–Kier alpha value is -2.30. The SMILES string of the molecule is O=C1CC(c2cc(F)cc(F)c2)CN1Cc1ccncc1. The summed E-state index contributed by atoms with van der Waals surface area (Å²) in [5.41, 5.74) is 1.53. The highest BCUT2D eigenvalue weighted by molar-refractivity contribution is 5.79. The number of nitrogens with zero attached hydrogens (tertiary/aromatic N) is 2. The Bertz CT molecular complexity index is 640. The number of aromatic nitrogens is 1. The zero-order valence-electron chi connectivity index (χ0n) is 11.3. The fourth-order valence-corrected chi connectivity index (χ4v) is 2.67. The highest BCUT2D eigenvalue weighted by Gasteiger charge is 2.31. The predicted molar refractivity (Wildman–Crippen MR) is 73.4 cm³/mol. The van der Waals surface area contributed by atoms with E-state index in [1.165, 1.54) is 12.1 Å². The van der Waals surface area contributed by atoms with Crippen LogP contribution in [0.15, 0.2) is 42.7 Å². The van der Waals surface area contributed by atoms with Crippen LogP contribution in [0, 0.1) is 11.6 Å². The number of benzene rings is 1. The van der Waals surface area contributed by atoms with E-state index in [-0.39, 0.29) is 18.2 Å². The third-order valence-corrected chi connectivity index (χ3v) is 3.69. The maximum absolute atomic E-state index is 13.3. The average molecular weight is 288 g/mol. The summed E-state index contributed by atoms with van der Waals surface area (Å²) in [6, 6.07) is 7.15. The van der Waals surface area contributed by atoms with Crippen molar-refractivity contribution in [3.05, 3.63) is 65.5 Å². The standard InChI is InChI=1S/C16H14F2N2O/c17-14-5-12(6-15(18)8-14)13-7-16(21)20(10-13)9-11-1-3-19-4-2-11/h1-6,8,13H,7,9-10H2. The summed E-state index contributed by atoms with van der Waals surface area (Å²) in [5.74, 6) is -1.37. The molecule has 0 radical (unpaired) electrons. The Morgan fingerprint density at radius 1 is 1.14 bits per heavy atom. The zero-order valence-corrected chi connectivity index (χ0v) is 11.3. The van der Waals surface area contributed by atoms with E-state index in [4.69, 9.17) is 0 Å². The van der Waals surface area contributed by atoms with Gasteiger partial charge in [-0.05, 0) is 35.4 Å². The van der Waals surface area contributed by atoms with Gasteiger partial charge in [-0.2, -0.15) is 0 Å². The predicted octanol–water partition coefficient (Wildman–Crippen LogP) is 2.88. The molecule has 0 aliphatic carbocycles. The highest BCUT2D eigenvalue weighted by atomic mass is 19.1.